The van der Waals surface area contributed by atoms with E-state index in [-0.39, 0.29) is 14.9 Å². The third-order valence-corrected chi connectivity index (χ3v) is 6.82. The first kappa shape index (κ1) is 16.2. The maximum Gasteiger partial charge on any atom is 0.272 e. The largest absolute Gasteiger partial charge is 0.495 e. The number of sulfonamides is 1. The van der Waals surface area contributed by atoms with E-state index in [0.29, 0.717) is 15.8 Å². The van der Waals surface area contributed by atoms with Crippen molar-refractivity contribution in [3.63, 3.8) is 0 Å². The van der Waals surface area contributed by atoms with E-state index in [2.05, 4.69) is 20.7 Å². The molecule has 9 heteroatoms. The van der Waals surface area contributed by atoms with E-state index in [9.17, 15) is 8.42 Å². The van der Waals surface area contributed by atoms with Gasteiger partial charge in [0.1, 0.15) is 16.4 Å². The molecule has 5 nitrogen and oxygen atoms in total. The Balaban J connectivity index is 2.53. The fourth-order valence-corrected chi connectivity index (χ4v) is 5.26. The van der Waals surface area contributed by atoms with Gasteiger partial charge >= 0.3 is 0 Å². The number of hydrogen-bond acceptors (Lipinski definition) is 5. The monoisotopic (exact) mass is 406 g/mol. The first-order valence-electron chi connectivity index (χ1n) is 5.59. The lowest BCUT2D eigenvalue weighted by molar-refractivity contribution is 0.417. The summed E-state index contributed by atoms with van der Waals surface area (Å²) in [4.78, 5) is 0.0804. The molecule has 0 saturated heterocycles. The van der Waals surface area contributed by atoms with Crippen LogP contribution in [0.4, 0.5) is 5.69 Å². The maximum atomic E-state index is 12.5. The van der Waals surface area contributed by atoms with Crippen LogP contribution < -0.4 is 15.2 Å². The molecule has 1 heterocycles. The minimum absolute atomic E-state index is 0.0804. The Kier molecular flexibility index (Phi) is 4.87. The summed E-state index contributed by atoms with van der Waals surface area (Å²) < 4.78 is 33.2. The fraction of sp³-hybridized carbons (Fsp3) is 0.0833. The van der Waals surface area contributed by atoms with Crippen LogP contribution in [0.15, 0.2) is 38.3 Å². The molecule has 0 atom stereocenters. The summed E-state index contributed by atoms with van der Waals surface area (Å²) in [5.74, 6) is 0.344. The normalized spacial score (nSPS) is 11.1. The SMILES string of the molecule is COc1cccc(C(N)=S)c1NS(=O)(=O)c1sccc1Br. The lowest BCUT2D eigenvalue weighted by Crippen LogP contribution is -2.18. The molecule has 0 aliphatic carbocycles. The second kappa shape index (κ2) is 6.30. The number of methoxy groups -OCH3 is 1. The van der Waals surface area contributed by atoms with E-state index < -0.39 is 10.0 Å². The number of nitrogens with one attached hydrogen (secondary N) is 1. The summed E-state index contributed by atoms with van der Waals surface area (Å²) in [6.45, 7) is 0. The highest BCUT2D eigenvalue weighted by Crippen LogP contribution is 2.34. The highest BCUT2D eigenvalue weighted by molar-refractivity contribution is 9.10. The summed E-state index contributed by atoms with van der Waals surface area (Å²) >= 11 is 9.26. The van der Waals surface area contributed by atoms with E-state index in [1.165, 1.54) is 7.11 Å². The number of rotatable bonds is 5. The number of thiocarbonyl (C=S) groups is 1. The van der Waals surface area contributed by atoms with Gasteiger partial charge < -0.3 is 10.5 Å². The zero-order valence-electron chi connectivity index (χ0n) is 10.8. The van der Waals surface area contributed by atoms with Gasteiger partial charge in [0.05, 0.1) is 7.11 Å². The number of anilines is 1. The van der Waals surface area contributed by atoms with E-state index in [0.717, 1.165) is 11.3 Å². The Morgan fingerprint density at radius 1 is 1.43 bits per heavy atom. The molecular weight excluding hydrogens is 396 g/mol. The van der Waals surface area contributed by atoms with Gasteiger partial charge in [-0.2, -0.15) is 0 Å². The molecular formula is C12H11BrN2O3S3. The summed E-state index contributed by atoms with van der Waals surface area (Å²) in [5, 5.41) is 1.68. The Bertz CT molecular complexity index is 787. The number of nitrogens with two attached hydrogens (primary N) is 1. The van der Waals surface area contributed by atoms with Gasteiger partial charge in [0, 0.05) is 10.0 Å². The van der Waals surface area contributed by atoms with Crippen LogP contribution in [0.3, 0.4) is 0 Å². The average molecular weight is 407 g/mol. The van der Waals surface area contributed by atoms with Crippen molar-refractivity contribution in [1.82, 2.24) is 0 Å². The van der Waals surface area contributed by atoms with Crippen LogP contribution in [0.2, 0.25) is 0 Å². The molecule has 0 bridgehead atoms. The van der Waals surface area contributed by atoms with Crippen molar-refractivity contribution in [2.24, 2.45) is 5.73 Å². The molecule has 0 radical (unpaired) electrons. The summed E-state index contributed by atoms with van der Waals surface area (Å²) in [7, 11) is -2.32. The molecule has 0 unspecified atom stereocenters. The Morgan fingerprint density at radius 3 is 2.67 bits per heavy atom. The molecule has 2 rings (SSSR count). The van der Waals surface area contributed by atoms with Crippen molar-refractivity contribution >= 4 is 60.2 Å². The van der Waals surface area contributed by atoms with Crippen LogP contribution in [0.1, 0.15) is 5.56 Å². The number of ether oxygens (including phenoxy) is 1. The predicted octanol–water partition coefficient (Wildman–Crippen LogP) is 2.95. The third kappa shape index (κ3) is 3.37. The van der Waals surface area contributed by atoms with Gasteiger partial charge in [0.15, 0.2) is 4.21 Å². The topological polar surface area (TPSA) is 81.4 Å². The number of benzene rings is 1. The molecule has 1 aromatic heterocycles. The molecule has 0 amide bonds. The minimum Gasteiger partial charge on any atom is -0.495 e. The van der Waals surface area contributed by atoms with Gasteiger partial charge in [0.2, 0.25) is 0 Å². The highest BCUT2D eigenvalue weighted by Gasteiger charge is 2.23. The number of thiophene rings is 1. The first-order chi connectivity index (χ1) is 9.86. The summed E-state index contributed by atoms with van der Waals surface area (Å²) in [5.41, 5.74) is 6.27. The van der Waals surface area contributed by atoms with Gasteiger partial charge in [-0.25, -0.2) is 8.42 Å². The molecule has 0 aliphatic heterocycles. The second-order valence-corrected chi connectivity index (χ2v) is 8.00. The predicted molar refractivity (Wildman–Crippen MR) is 91.7 cm³/mol. The van der Waals surface area contributed by atoms with E-state index in [4.69, 9.17) is 22.7 Å². The molecule has 0 aliphatic rings. The van der Waals surface area contributed by atoms with E-state index in [1.54, 1.807) is 29.6 Å². The average Bonchev–Trinajstić information content (AvgIpc) is 2.85. The van der Waals surface area contributed by atoms with Crippen molar-refractivity contribution in [1.29, 1.82) is 0 Å². The van der Waals surface area contributed by atoms with Crippen LogP contribution >= 0.6 is 39.5 Å². The van der Waals surface area contributed by atoms with Gasteiger partial charge in [0.25, 0.3) is 10.0 Å². The van der Waals surface area contributed by atoms with Crippen molar-refractivity contribution in [3.8, 4) is 5.75 Å². The van der Waals surface area contributed by atoms with Crippen LogP contribution in [0.5, 0.6) is 5.75 Å². The Labute approximate surface area is 140 Å². The van der Waals surface area contributed by atoms with Crippen LogP contribution in [-0.4, -0.2) is 20.5 Å². The van der Waals surface area contributed by atoms with Crippen molar-refractivity contribution in [2.75, 3.05) is 11.8 Å². The molecule has 1 aromatic carbocycles. The molecule has 0 spiro atoms. The van der Waals surface area contributed by atoms with Gasteiger partial charge in [-0.15, -0.1) is 11.3 Å². The van der Waals surface area contributed by atoms with Crippen molar-refractivity contribution in [2.45, 2.75) is 4.21 Å². The zero-order valence-corrected chi connectivity index (χ0v) is 14.8. The maximum absolute atomic E-state index is 12.5. The highest BCUT2D eigenvalue weighted by atomic mass is 79.9. The summed E-state index contributed by atoms with van der Waals surface area (Å²) in [6.07, 6.45) is 0. The van der Waals surface area contributed by atoms with Crippen LogP contribution in [-0.2, 0) is 10.0 Å². The Morgan fingerprint density at radius 2 is 2.14 bits per heavy atom. The number of para-hydroxylation sites is 1. The standard InChI is InChI=1S/C12H11BrN2O3S3/c1-18-9-4-2-3-7(11(14)19)10(9)15-21(16,17)12-8(13)5-6-20-12/h2-6,15H,1H3,(H2,14,19). The molecule has 0 fully saturated rings. The zero-order chi connectivity index (χ0) is 15.6. The second-order valence-electron chi connectivity index (χ2n) is 3.91. The minimum atomic E-state index is -3.76. The lowest BCUT2D eigenvalue weighted by Gasteiger charge is -2.15. The molecule has 21 heavy (non-hydrogen) atoms. The summed E-state index contributed by atoms with van der Waals surface area (Å²) in [6, 6.07) is 6.61. The van der Waals surface area contributed by atoms with E-state index in [1.807, 2.05) is 0 Å². The number of hydrogen-bond donors (Lipinski definition) is 2. The van der Waals surface area contributed by atoms with Gasteiger partial charge in [-0.05, 0) is 39.5 Å². The molecule has 0 saturated carbocycles. The van der Waals surface area contributed by atoms with Crippen molar-refractivity contribution in [3.05, 3.63) is 39.7 Å². The molecule has 3 N–H and O–H groups in total. The fourth-order valence-electron chi connectivity index (χ4n) is 1.66. The third-order valence-electron chi connectivity index (χ3n) is 2.58. The van der Waals surface area contributed by atoms with Gasteiger partial charge in [-0.3, -0.25) is 4.72 Å². The smallest absolute Gasteiger partial charge is 0.272 e. The van der Waals surface area contributed by atoms with Crippen LogP contribution in [0.25, 0.3) is 0 Å². The molecule has 112 valence electrons. The first-order valence-corrected chi connectivity index (χ1v) is 9.16. The van der Waals surface area contributed by atoms with E-state index >= 15 is 0 Å². The Hall–Kier alpha value is -1.16. The lowest BCUT2D eigenvalue weighted by atomic mass is 10.1. The van der Waals surface area contributed by atoms with Crippen LogP contribution in [0, 0.1) is 0 Å². The quantitative estimate of drug-likeness (QED) is 0.745. The van der Waals surface area contributed by atoms with Gasteiger partial charge in [-0.1, -0.05) is 18.3 Å². The van der Waals surface area contributed by atoms with Crippen molar-refractivity contribution < 1.29 is 13.2 Å². The number of halogens is 1. The molecule has 2 aromatic rings.